The van der Waals surface area contributed by atoms with Crippen molar-refractivity contribution >= 4 is 35.3 Å². The number of hydrogen-bond acceptors (Lipinski definition) is 6. The second-order valence-electron chi connectivity index (χ2n) is 5.15. The van der Waals surface area contributed by atoms with Crippen molar-refractivity contribution in [2.45, 2.75) is 10.9 Å². The highest BCUT2D eigenvalue weighted by Crippen LogP contribution is 2.23. The van der Waals surface area contributed by atoms with Crippen LogP contribution in [0.2, 0.25) is 0 Å². The highest BCUT2D eigenvalue weighted by molar-refractivity contribution is 7.98. The number of rotatable bonds is 6. The van der Waals surface area contributed by atoms with E-state index in [9.17, 15) is 0 Å². The van der Waals surface area contributed by atoms with Crippen LogP contribution in [0.15, 0.2) is 63.7 Å². The van der Waals surface area contributed by atoms with Gasteiger partial charge in [0, 0.05) is 16.2 Å². The molecule has 1 aromatic carbocycles. The van der Waals surface area contributed by atoms with Gasteiger partial charge >= 0.3 is 0 Å². The van der Waals surface area contributed by atoms with E-state index in [1.165, 1.54) is 16.6 Å². The van der Waals surface area contributed by atoms with Gasteiger partial charge in [-0.2, -0.15) is 0 Å². The van der Waals surface area contributed by atoms with E-state index in [-0.39, 0.29) is 0 Å². The zero-order chi connectivity index (χ0) is 16.9. The minimum Gasteiger partial charge on any atom is -0.444 e. The Kier molecular flexibility index (Phi) is 4.76. The van der Waals surface area contributed by atoms with Crippen LogP contribution in [0.5, 0.6) is 0 Å². The van der Waals surface area contributed by atoms with Gasteiger partial charge in [0.25, 0.3) is 0 Å². The van der Waals surface area contributed by atoms with Gasteiger partial charge in [-0.15, -0.1) is 16.4 Å². The SMILES string of the molecule is C(=C\c1cccs1)/c1nc(SCc2coc(-c3ccccc3)n2)n[nH]1. The van der Waals surface area contributed by atoms with Crippen molar-refractivity contribution in [2.75, 3.05) is 0 Å². The Balaban J connectivity index is 1.37. The van der Waals surface area contributed by atoms with Crippen molar-refractivity contribution < 1.29 is 4.42 Å². The lowest BCUT2D eigenvalue weighted by atomic mass is 10.2. The van der Waals surface area contributed by atoms with Gasteiger partial charge < -0.3 is 4.42 Å². The summed E-state index contributed by atoms with van der Waals surface area (Å²) in [5, 5.41) is 9.88. The van der Waals surface area contributed by atoms with E-state index in [0.717, 1.165) is 17.1 Å². The van der Waals surface area contributed by atoms with Gasteiger partial charge in [-0.3, -0.25) is 5.10 Å². The van der Waals surface area contributed by atoms with Gasteiger partial charge in [-0.1, -0.05) is 36.0 Å². The molecule has 25 heavy (non-hydrogen) atoms. The molecule has 124 valence electrons. The zero-order valence-electron chi connectivity index (χ0n) is 13.1. The molecule has 0 bridgehead atoms. The number of nitrogens with one attached hydrogen (secondary N) is 1. The van der Waals surface area contributed by atoms with E-state index in [4.69, 9.17) is 4.42 Å². The number of benzene rings is 1. The first-order valence-corrected chi connectivity index (χ1v) is 9.50. The second kappa shape index (κ2) is 7.50. The molecule has 1 N–H and O–H groups in total. The molecule has 0 unspecified atom stereocenters. The van der Waals surface area contributed by atoms with E-state index < -0.39 is 0 Å². The maximum absolute atomic E-state index is 5.54. The zero-order valence-corrected chi connectivity index (χ0v) is 14.8. The van der Waals surface area contributed by atoms with Gasteiger partial charge in [0.15, 0.2) is 0 Å². The predicted octanol–water partition coefficient (Wildman–Crippen LogP) is 4.98. The highest BCUT2D eigenvalue weighted by Gasteiger charge is 2.08. The Hall–Kier alpha value is -2.64. The minimum atomic E-state index is 0.630. The molecule has 0 aliphatic heterocycles. The normalized spacial score (nSPS) is 11.4. The minimum absolute atomic E-state index is 0.630. The summed E-state index contributed by atoms with van der Waals surface area (Å²) in [6.45, 7) is 0. The van der Waals surface area contributed by atoms with Crippen molar-refractivity contribution in [2.24, 2.45) is 0 Å². The standard InChI is InChI=1S/C18H14N4OS2/c1-2-5-13(6-3-1)17-19-14(11-23-17)12-25-18-20-16(21-22-18)9-8-15-7-4-10-24-15/h1-11H,12H2,(H,20,21,22)/b9-8+. The molecule has 0 amide bonds. The van der Waals surface area contributed by atoms with Gasteiger partial charge in [-0.05, 0) is 35.7 Å². The Morgan fingerprint density at radius 3 is 2.84 bits per heavy atom. The fourth-order valence-electron chi connectivity index (χ4n) is 2.17. The molecule has 0 fully saturated rings. The maximum atomic E-state index is 5.54. The van der Waals surface area contributed by atoms with Crippen molar-refractivity contribution in [1.29, 1.82) is 0 Å². The first-order chi connectivity index (χ1) is 12.4. The average molecular weight is 366 g/mol. The molecule has 0 aliphatic carbocycles. The number of thioether (sulfide) groups is 1. The lowest BCUT2D eigenvalue weighted by Crippen LogP contribution is -1.83. The third-order valence-corrected chi connectivity index (χ3v) is 5.07. The molecule has 0 spiro atoms. The summed E-state index contributed by atoms with van der Waals surface area (Å²) in [4.78, 5) is 10.1. The van der Waals surface area contributed by atoms with Gasteiger partial charge in [0.2, 0.25) is 11.0 Å². The molecular weight excluding hydrogens is 352 g/mol. The number of aromatic amines is 1. The molecule has 4 aromatic rings. The highest BCUT2D eigenvalue weighted by atomic mass is 32.2. The molecule has 7 heteroatoms. The summed E-state index contributed by atoms with van der Waals surface area (Å²) >= 11 is 3.20. The van der Waals surface area contributed by atoms with E-state index in [1.807, 2.05) is 53.9 Å². The van der Waals surface area contributed by atoms with Crippen LogP contribution in [0.1, 0.15) is 16.4 Å². The van der Waals surface area contributed by atoms with Crippen LogP contribution in [0.25, 0.3) is 23.6 Å². The number of aromatic nitrogens is 4. The van der Waals surface area contributed by atoms with Crippen LogP contribution in [0.3, 0.4) is 0 Å². The number of H-pyrrole nitrogens is 1. The topological polar surface area (TPSA) is 67.6 Å². The van der Waals surface area contributed by atoms with Crippen molar-refractivity contribution in [3.8, 4) is 11.5 Å². The molecule has 4 rings (SSSR count). The van der Waals surface area contributed by atoms with Crippen molar-refractivity contribution in [3.63, 3.8) is 0 Å². The number of hydrogen-bond donors (Lipinski definition) is 1. The number of oxazole rings is 1. The molecule has 0 aliphatic rings. The third-order valence-electron chi connectivity index (χ3n) is 3.35. The molecule has 3 aromatic heterocycles. The first kappa shape index (κ1) is 15.9. The Labute approximate surface area is 152 Å². The summed E-state index contributed by atoms with van der Waals surface area (Å²) < 4.78 is 5.54. The number of thiophene rings is 1. The smallest absolute Gasteiger partial charge is 0.226 e. The van der Waals surface area contributed by atoms with Crippen LogP contribution in [0.4, 0.5) is 0 Å². The van der Waals surface area contributed by atoms with Crippen LogP contribution in [-0.2, 0) is 5.75 Å². The lowest BCUT2D eigenvalue weighted by molar-refractivity contribution is 0.573. The monoisotopic (exact) mass is 366 g/mol. The van der Waals surface area contributed by atoms with E-state index in [0.29, 0.717) is 16.8 Å². The lowest BCUT2D eigenvalue weighted by Gasteiger charge is -1.93. The summed E-state index contributed by atoms with van der Waals surface area (Å²) in [6.07, 6.45) is 5.62. The quantitative estimate of drug-likeness (QED) is 0.487. The maximum Gasteiger partial charge on any atom is 0.226 e. The predicted molar refractivity (Wildman–Crippen MR) is 101 cm³/mol. The molecule has 0 saturated carbocycles. The van der Waals surface area contributed by atoms with E-state index in [2.05, 4.69) is 26.2 Å². The summed E-state index contributed by atoms with van der Waals surface area (Å²) in [5.41, 5.74) is 1.84. The summed E-state index contributed by atoms with van der Waals surface area (Å²) in [5.74, 6) is 2.02. The van der Waals surface area contributed by atoms with E-state index in [1.54, 1.807) is 17.6 Å². The average Bonchev–Trinajstić information content (AvgIpc) is 3.40. The Morgan fingerprint density at radius 1 is 1.08 bits per heavy atom. The molecule has 0 saturated heterocycles. The first-order valence-electron chi connectivity index (χ1n) is 7.63. The van der Waals surface area contributed by atoms with Gasteiger partial charge in [0.05, 0.1) is 5.69 Å². The largest absolute Gasteiger partial charge is 0.444 e. The van der Waals surface area contributed by atoms with Crippen LogP contribution < -0.4 is 0 Å². The molecule has 3 heterocycles. The Bertz CT molecular complexity index is 958. The fourth-order valence-corrected chi connectivity index (χ4v) is 3.47. The Morgan fingerprint density at radius 2 is 2.00 bits per heavy atom. The van der Waals surface area contributed by atoms with Crippen LogP contribution >= 0.6 is 23.1 Å². The molecule has 0 atom stereocenters. The third kappa shape index (κ3) is 4.07. The van der Waals surface area contributed by atoms with Crippen LogP contribution in [0, 0.1) is 0 Å². The fraction of sp³-hybridized carbons (Fsp3) is 0.0556. The number of nitrogens with zero attached hydrogens (tertiary/aromatic N) is 3. The van der Waals surface area contributed by atoms with Gasteiger partial charge in [0.1, 0.15) is 12.1 Å². The van der Waals surface area contributed by atoms with Crippen LogP contribution in [-0.4, -0.2) is 20.2 Å². The van der Waals surface area contributed by atoms with Gasteiger partial charge in [-0.25, -0.2) is 9.97 Å². The van der Waals surface area contributed by atoms with Crippen molar-refractivity contribution in [1.82, 2.24) is 20.2 Å². The second-order valence-corrected chi connectivity index (χ2v) is 7.07. The summed E-state index contributed by atoms with van der Waals surface area (Å²) in [6, 6.07) is 13.9. The van der Waals surface area contributed by atoms with E-state index >= 15 is 0 Å². The summed E-state index contributed by atoms with van der Waals surface area (Å²) in [7, 11) is 0. The molecular formula is C18H14N4OS2. The molecule has 5 nitrogen and oxygen atoms in total. The van der Waals surface area contributed by atoms with Crippen molar-refractivity contribution in [3.05, 3.63) is 70.5 Å². The molecule has 0 radical (unpaired) electrons.